The van der Waals surface area contributed by atoms with Gasteiger partial charge in [0, 0.05) is 22.8 Å². The minimum Gasteiger partial charge on any atom is -0.505 e. The SMILES string of the molecule is O=C(c1ccc(=O)n(Cc2ccc(Cl)cc2)c1)c1ccc2ocnc2c1O. The number of carbonyl (C=O) groups excluding carboxylic acids is 1. The molecule has 4 aromatic rings. The highest BCUT2D eigenvalue weighted by Gasteiger charge is 2.18. The molecule has 0 fully saturated rings. The minimum atomic E-state index is -0.415. The Labute approximate surface area is 158 Å². The predicted octanol–water partition coefficient (Wildman–Crippen LogP) is 3.63. The van der Waals surface area contributed by atoms with E-state index >= 15 is 0 Å². The maximum atomic E-state index is 12.8. The number of benzene rings is 2. The monoisotopic (exact) mass is 380 g/mol. The van der Waals surface area contributed by atoms with Gasteiger partial charge in [-0.3, -0.25) is 9.59 Å². The van der Waals surface area contributed by atoms with Crippen LogP contribution in [-0.4, -0.2) is 20.4 Å². The molecule has 7 heteroatoms. The average molecular weight is 381 g/mol. The van der Waals surface area contributed by atoms with Gasteiger partial charge >= 0.3 is 0 Å². The van der Waals surface area contributed by atoms with Gasteiger partial charge in [0.15, 0.2) is 29.0 Å². The summed E-state index contributed by atoms with van der Waals surface area (Å²) < 4.78 is 6.54. The summed E-state index contributed by atoms with van der Waals surface area (Å²) in [5.41, 5.74) is 1.61. The number of hydrogen-bond donors (Lipinski definition) is 1. The summed E-state index contributed by atoms with van der Waals surface area (Å²) in [6.07, 6.45) is 2.68. The predicted molar refractivity (Wildman–Crippen MR) is 100 cm³/mol. The molecule has 0 spiro atoms. The van der Waals surface area contributed by atoms with E-state index in [4.69, 9.17) is 16.0 Å². The van der Waals surface area contributed by atoms with Gasteiger partial charge in [-0.2, -0.15) is 0 Å². The van der Waals surface area contributed by atoms with Gasteiger partial charge in [0.1, 0.15) is 0 Å². The molecule has 2 aromatic heterocycles. The molecule has 0 aliphatic heterocycles. The van der Waals surface area contributed by atoms with Crippen molar-refractivity contribution in [3.05, 3.63) is 93.2 Å². The average Bonchev–Trinajstić information content (AvgIpc) is 3.15. The van der Waals surface area contributed by atoms with Gasteiger partial charge in [0.25, 0.3) is 5.56 Å². The van der Waals surface area contributed by atoms with E-state index in [1.54, 1.807) is 18.2 Å². The molecule has 0 unspecified atom stereocenters. The number of aromatic nitrogens is 2. The smallest absolute Gasteiger partial charge is 0.250 e. The van der Waals surface area contributed by atoms with E-state index in [0.717, 1.165) is 5.56 Å². The molecule has 27 heavy (non-hydrogen) atoms. The number of carbonyl (C=O) groups is 1. The van der Waals surface area contributed by atoms with E-state index in [2.05, 4.69) is 4.98 Å². The lowest BCUT2D eigenvalue weighted by molar-refractivity contribution is 0.103. The molecular formula is C20H13ClN2O4. The molecule has 0 aliphatic rings. The summed E-state index contributed by atoms with van der Waals surface area (Å²) in [6.45, 7) is 0.297. The van der Waals surface area contributed by atoms with E-state index in [0.29, 0.717) is 17.2 Å². The van der Waals surface area contributed by atoms with Crippen molar-refractivity contribution in [1.29, 1.82) is 0 Å². The summed E-state index contributed by atoms with van der Waals surface area (Å²) in [4.78, 5) is 28.9. The highest BCUT2D eigenvalue weighted by Crippen LogP contribution is 2.29. The maximum absolute atomic E-state index is 12.8. The highest BCUT2D eigenvalue weighted by atomic mass is 35.5. The van der Waals surface area contributed by atoms with Crippen LogP contribution >= 0.6 is 11.6 Å². The first-order chi connectivity index (χ1) is 13.0. The first kappa shape index (κ1) is 17.1. The molecule has 0 bridgehead atoms. The van der Waals surface area contributed by atoms with E-state index < -0.39 is 5.78 Å². The third-order valence-corrected chi connectivity index (χ3v) is 4.48. The zero-order chi connectivity index (χ0) is 19.0. The molecule has 0 radical (unpaired) electrons. The second-order valence-electron chi connectivity index (χ2n) is 6.00. The fourth-order valence-corrected chi connectivity index (χ4v) is 2.96. The van der Waals surface area contributed by atoms with E-state index in [-0.39, 0.29) is 28.0 Å². The van der Waals surface area contributed by atoms with Crippen molar-refractivity contribution in [2.24, 2.45) is 0 Å². The molecule has 0 saturated heterocycles. The largest absolute Gasteiger partial charge is 0.505 e. The number of nitrogens with zero attached hydrogens (tertiary/aromatic N) is 2. The summed E-state index contributed by atoms with van der Waals surface area (Å²) in [5.74, 6) is -0.663. The number of rotatable bonds is 4. The number of fused-ring (bicyclic) bond motifs is 1. The summed E-state index contributed by atoms with van der Waals surface area (Å²) >= 11 is 5.88. The molecule has 4 rings (SSSR count). The molecule has 0 aliphatic carbocycles. The molecule has 2 aromatic carbocycles. The van der Waals surface area contributed by atoms with Crippen molar-refractivity contribution in [2.45, 2.75) is 6.54 Å². The van der Waals surface area contributed by atoms with Gasteiger partial charge in [-0.05, 0) is 35.9 Å². The number of aromatic hydroxyl groups is 1. The van der Waals surface area contributed by atoms with Crippen molar-refractivity contribution in [1.82, 2.24) is 9.55 Å². The van der Waals surface area contributed by atoms with Crippen LogP contribution in [0.5, 0.6) is 5.75 Å². The molecule has 2 heterocycles. The van der Waals surface area contributed by atoms with Gasteiger partial charge in [0.05, 0.1) is 12.1 Å². The summed E-state index contributed by atoms with van der Waals surface area (Å²) in [7, 11) is 0. The van der Waals surface area contributed by atoms with E-state index in [1.807, 2.05) is 12.1 Å². The topological polar surface area (TPSA) is 85.3 Å². The Morgan fingerprint density at radius 1 is 1.11 bits per heavy atom. The van der Waals surface area contributed by atoms with Crippen molar-refractivity contribution in [3.8, 4) is 5.75 Å². The lowest BCUT2D eigenvalue weighted by Gasteiger charge is -2.09. The molecule has 6 nitrogen and oxygen atoms in total. The lowest BCUT2D eigenvalue weighted by atomic mass is 10.0. The fraction of sp³-hybridized carbons (Fsp3) is 0.0500. The van der Waals surface area contributed by atoms with Crippen LogP contribution in [0, 0.1) is 0 Å². The Morgan fingerprint density at radius 3 is 2.67 bits per heavy atom. The van der Waals surface area contributed by atoms with Gasteiger partial charge in [-0.15, -0.1) is 0 Å². The number of oxazole rings is 1. The Hall–Kier alpha value is -3.38. The molecule has 134 valence electrons. The van der Waals surface area contributed by atoms with Crippen molar-refractivity contribution < 1.29 is 14.3 Å². The lowest BCUT2D eigenvalue weighted by Crippen LogP contribution is -2.21. The summed E-state index contributed by atoms with van der Waals surface area (Å²) in [5, 5.41) is 10.9. The minimum absolute atomic E-state index is 0.0908. The van der Waals surface area contributed by atoms with Crippen molar-refractivity contribution in [2.75, 3.05) is 0 Å². The van der Waals surface area contributed by atoms with Gasteiger partial charge in [-0.1, -0.05) is 23.7 Å². The van der Waals surface area contributed by atoms with Crippen LogP contribution in [0.4, 0.5) is 0 Å². The van der Waals surface area contributed by atoms with E-state index in [9.17, 15) is 14.7 Å². The highest BCUT2D eigenvalue weighted by molar-refractivity contribution is 6.30. The molecule has 0 saturated carbocycles. The first-order valence-electron chi connectivity index (χ1n) is 8.08. The number of pyridine rings is 1. The van der Waals surface area contributed by atoms with Crippen LogP contribution < -0.4 is 5.56 Å². The Bertz CT molecular complexity index is 1210. The third-order valence-electron chi connectivity index (χ3n) is 4.23. The number of phenols is 1. The molecular weight excluding hydrogens is 368 g/mol. The quantitative estimate of drug-likeness (QED) is 0.546. The van der Waals surface area contributed by atoms with Gasteiger partial charge < -0.3 is 14.1 Å². The Balaban J connectivity index is 1.71. The fourth-order valence-electron chi connectivity index (χ4n) is 2.83. The van der Waals surface area contributed by atoms with Crippen LogP contribution in [-0.2, 0) is 6.54 Å². The number of ketones is 1. The van der Waals surface area contributed by atoms with Crippen LogP contribution in [0.3, 0.4) is 0 Å². The Kier molecular flexibility index (Phi) is 4.25. The third kappa shape index (κ3) is 3.22. The number of halogens is 1. The summed E-state index contributed by atoms with van der Waals surface area (Å²) in [6, 6.07) is 12.9. The van der Waals surface area contributed by atoms with Crippen LogP contribution in [0.1, 0.15) is 21.5 Å². The van der Waals surface area contributed by atoms with Gasteiger partial charge in [-0.25, -0.2) is 4.98 Å². The first-order valence-corrected chi connectivity index (χ1v) is 8.45. The van der Waals surface area contributed by atoms with Crippen molar-refractivity contribution >= 4 is 28.5 Å². The van der Waals surface area contributed by atoms with Crippen LogP contribution in [0.25, 0.3) is 11.1 Å². The number of phenolic OH excluding ortho intramolecular Hbond substituents is 1. The molecule has 0 atom stereocenters. The molecule has 1 N–H and O–H groups in total. The number of hydrogen-bond acceptors (Lipinski definition) is 5. The Morgan fingerprint density at radius 2 is 1.89 bits per heavy atom. The van der Waals surface area contributed by atoms with Crippen LogP contribution in [0.15, 0.2) is 70.3 Å². The van der Waals surface area contributed by atoms with E-state index in [1.165, 1.54) is 35.4 Å². The second kappa shape index (κ2) is 6.74. The zero-order valence-corrected chi connectivity index (χ0v) is 14.7. The molecule has 0 amide bonds. The van der Waals surface area contributed by atoms with Gasteiger partial charge in [0.2, 0.25) is 0 Å². The maximum Gasteiger partial charge on any atom is 0.250 e. The normalized spacial score (nSPS) is 11.0. The zero-order valence-electron chi connectivity index (χ0n) is 13.9. The standard InChI is InChI=1S/C20H13ClN2O4/c21-14-4-1-12(2-5-14)9-23-10-13(3-8-17(23)24)19(25)15-6-7-16-18(20(15)26)22-11-27-16/h1-8,10-11,26H,9H2. The van der Waals surface area contributed by atoms with Crippen molar-refractivity contribution in [3.63, 3.8) is 0 Å². The van der Waals surface area contributed by atoms with Crippen LogP contribution in [0.2, 0.25) is 5.02 Å². The second-order valence-corrected chi connectivity index (χ2v) is 6.44.